The highest BCUT2D eigenvalue weighted by atomic mass is 15.3. The van der Waals surface area contributed by atoms with Crippen molar-refractivity contribution in [3.8, 4) is 17.5 Å². The van der Waals surface area contributed by atoms with Crippen molar-refractivity contribution >= 4 is 17.6 Å². The van der Waals surface area contributed by atoms with E-state index in [-0.39, 0.29) is 6.04 Å². The van der Waals surface area contributed by atoms with Gasteiger partial charge in [0.1, 0.15) is 11.5 Å². The minimum absolute atomic E-state index is 0.242. The lowest BCUT2D eigenvalue weighted by Gasteiger charge is -2.23. The summed E-state index contributed by atoms with van der Waals surface area (Å²) in [4.78, 5) is 9.57. The molecule has 3 heterocycles. The molecule has 10 nitrogen and oxygen atoms in total. The smallest absolute Gasteiger partial charge is 0.225 e. The normalized spacial score (nSPS) is 20.5. The van der Waals surface area contributed by atoms with Gasteiger partial charge in [-0.05, 0) is 44.6 Å². The Labute approximate surface area is 200 Å². The highest BCUT2D eigenvalue weighted by molar-refractivity contribution is 5.64. The topological polar surface area (TPSA) is 132 Å². The predicted molar refractivity (Wildman–Crippen MR) is 133 cm³/mol. The molecule has 0 amide bonds. The van der Waals surface area contributed by atoms with E-state index in [1.807, 2.05) is 38.4 Å². The fourth-order valence-corrected chi connectivity index (χ4v) is 4.58. The van der Waals surface area contributed by atoms with Crippen LogP contribution in [0, 0.1) is 24.2 Å². The van der Waals surface area contributed by atoms with Crippen LogP contribution >= 0.6 is 0 Å². The molecule has 1 aliphatic carbocycles. The first kappa shape index (κ1) is 23.7. The number of aromatic amines is 1. The Kier molecular flexibility index (Phi) is 7.75. The van der Waals surface area contributed by atoms with Gasteiger partial charge in [0.25, 0.3) is 0 Å². The van der Waals surface area contributed by atoms with E-state index in [0.29, 0.717) is 36.0 Å². The molecule has 4 rings (SSSR count). The number of nitrogens with zero attached hydrogens (tertiary/aromatic N) is 6. The molecule has 180 valence electrons. The number of aromatic nitrogens is 6. The van der Waals surface area contributed by atoms with Crippen LogP contribution in [0.5, 0.6) is 0 Å². The lowest BCUT2D eigenvalue weighted by molar-refractivity contribution is 0.425. The van der Waals surface area contributed by atoms with Crippen molar-refractivity contribution in [3.05, 3.63) is 30.1 Å². The third-order valence-electron chi connectivity index (χ3n) is 6.35. The number of aryl methyl sites for hydroxylation is 2. The maximum Gasteiger partial charge on any atom is 0.225 e. The second-order valence-corrected chi connectivity index (χ2v) is 9.12. The minimum Gasteiger partial charge on any atom is -0.351 e. The summed E-state index contributed by atoms with van der Waals surface area (Å²) in [6, 6.07) is 8.62. The highest BCUT2D eigenvalue weighted by Crippen LogP contribution is 2.29. The lowest BCUT2D eigenvalue weighted by atomic mass is 9.96. The van der Waals surface area contributed by atoms with Gasteiger partial charge in [-0.2, -0.15) is 20.4 Å². The second kappa shape index (κ2) is 11.1. The first-order valence-electron chi connectivity index (χ1n) is 12.1. The molecule has 0 aromatic carbocycles. The van der Waals surface area contributed by atoms with Crippen LogP contribution in [-0.2, 0) is 7.05 Å². The van der Waals surface area contributed by atoms with Gasteiger partial charge in [0.15, 0.2) is 5.82 Å². The number of anilines is 3. The Bertz CT molecular complexity index is 1110. The first-order chi connectivity index (χ1) is 16.5. The summed E-state index contributed by atoms with van der Waals surface area (Å²) in [6.07, 6.45) is 7.96. The van der Waals surface area contributed by atoms with Gasteiger partial charge >= 0.3 is 0 Å². The average molecular weight is 463 g/mol. The Morgan fingerprint density at radius 3 is 2.74 bits per heavy atom. The quantitative estimate of drug-likeness (QED) is 0.278. The van der Waals surface area contributed by atoms with E-state index in [4.69, 9.17) is 15.2 Å². The van der Waals surface area contributed by atoms with Crippen molar-refractivity contribution in [2.75, 3.05) is 17.2 Å². The fraction of sp³-hybridized carbons (Fsp3) is 0.542. The summed E-state index contributed by atoms with van der Waals surface area (Å²) in [6.45, 7) is 4.95. The molecule has 3 unspecified atom stereocenters. The van der Waals surface area contributed by atoms with Gasteiger partial charge in [-0.25, -0.2) is 4.98 Å². The molecule has 34 heavy (non-hydrogen) atoms. The zero-order valence-corrected chi connectivity index (χ0v) is 20.2. The molecular weight excluding hydrogens is 428 g/mol. The summed E-state index contributed by atoms with van der Waals surface area (Å²) in [5.74, 6) is 2.60. The largest absolute Gasteiger partial charge is 0.351 e. The number of hydrogen-bond acceptors (Lipinski definition) is 8. The predicted octanol–water partition coefficient (Wildman–Crippen LogP) is 3.90. The van der Waals surface area contributed by atoms with Crippen LogP contribution in [-0.4, -0.2) is 48.6 Å². The molecule has 0 radical (unpaired) electrons. The standard InChI is InChI=1S/C24H34N10/c1-4-17-6-7-18(26-10-5-9-25)14-19(13-17)27-24-28-21(20-8-11-34(3)33-20)15-22(30-24)29-23-12-16(2)31-32-23/h8,11-12,15,17-19,26H,4-7,10,13-14H2,1-3H3,(H3,27,28,29,30,31,32). The van der Waals surface area contributed by atoms with Gasteiger partial charge in [0.2, 0.25) is 5.95 Å². The van der Waals surface area contributed by atoms with Gasteiger partial charge in [-0.15, -0.1) is 0 Å². The molecule has 10 heteroatoms. The van der Waals surface area contributed by atoms with Gasteiger partial charge in [-0.1, -0.05) is 13.3 Å². The molecular formula is C24H34N10. The van der Waals surface area contributed by atoms with Crippen LogP contribution < -0.4 is 16.0 Å². The Morgan fingerprint density at radius 1 is 1.15 bits per heavy atom. The van der Waals surface area contributed by atoms with Gasteiger partial charge in [0, 0.05) is 56.1 Å². The zero-order valence-electron chi connectivity index (χ0n) is 20.2. The number of hydrogen-bond donors (Lipinski definition) is 4. The molecule has 4 N–H and O–H groups in total. The van der Waals surface area contributed by atoms with E-state index in [9.17, 15) is 0 Å². The van der Waals surface area contributed by atoms with Gasteiger partial charge in [-0.3, -0.25) is 9.78 Å². The number of H-pyrrole nitrogens is 1. The molecule has 3 aromatic rings. The number of nitrogens with one attached hydrogen (secondary N) is 4. The second-order valence-electron chi connectivity index (χ2n) is 9.12. The molecule has 0 aliphatic heterocycles. The molecule has 3 atom stereocenters. The maximum absolute atomic E-state index is 8.89. The van der Waals surface area contributed by atoms with E-state index in [2.05, 4.69) is 44.2 Å². The van der Waals surface area contributed by atoms with Crippen LogP contribution in [0.2, 0.25) is 0 Å². The van der Waals surface area contributed by atoms with E-state index in [1.165, 1.54) is 6.42 Å². The molecule has 1 saturated carbocycles. The van der Waals surface area contributed by atoms with Crippen LogP contribution in [0.15, 0.2) is 24.4 Å². The number of nitriles is 1. The van der Waals surface area contributed by atoms with E-state index < -0.39 is 0 Å². The maximum atomic E-state index is 8.89. The van der Waals surface area contributed by atoms with Crippen molar-refractivity contribution in [2.24, 2.45) is 13.0 Å². The Balaban J connectivity index is 1.58. The van der Waals surface area contributed by atoms with Gasteiger partial charge in [0.05, 0.1) is 11.8 Å². The van der Waals surface area contributed by atoms with Gasteiger partial charge < -0.3 is 16.0 Å². The van der Waals surface area contributed by atoms with Crippen molar-refractivity contribution in [3.63, 3.8) is 0 Å². The molecule has 0 spiro atoms. The molecule has 3 aromatic heterocycles. The third-order valence-corrected chi connectivity index (χ3v) is 6.35. The van der Waals surface area contributed by atoms with Crippen LogP contribution in [0.1, 0.15) is 51.1 Å². The Hall–Kier alpha value is -3.45. The summed E-state index contributed by atoms with van der Waals surface area (Å²) >= 11 is 0. The van der Waals surface area contributed by atoms with E-state index >= 15 is 0 Å². The fourth-order valence-electron chi connectivity index (χ4n) is 4.58. The third kappa shape index (κ3) is 6.32. The SMILES string of the molecule is CCC1CCC(NCCC#N)CC(Nc2nc(Nc3cc(C)[nH]n3)cc(-c3ccn(C)n3)n2)C1. The molecule has 0 bridgehead atoms. The van der Waals surface area contributed by atoms with Crippen molar-refractivity contribution in [1.82, 2.24) is 35.3 Å². The van der Waals surface area contributed by atoms with E-state index in [1.54, 1.807) is 4.68 Å². The van der Waals surface area contributed by atoms with Crippen molar-refractivity contribution in [2.45, 2.75) is 64.5 Å². The van der Waals surface area contributed by atoms with Crippen molar-refractivity contribution < 1.29 is 0 Å². The van der Waals surface area contributed by atoms with Crippen LogP contribution in [0.3, 0.4) is 0 Å². The van der Waals surface area contributed by atoms with Crippen LogP contribution in [0.4, 0.5) is 17.6 Å². The zero-order chi connectivity index (χ0) is 23.9. The summed E-state index contributed by atoms with van der Waals surface area (Å²) in [5.41, 5.74) is 2.51. The van der Waals surface area contributed by atoms with Crippen molar-refractivity contribution in [1.29, 1.82) is 5.26 Å². The monoisotopic (exact) mass is 462 g/mol. The number of rotatable bonds is 9. The summed E-state index contributed by atoms with van der Waals surface area (Å²) < 4.78 is 1.77. The molecule has 1 aliphatic rings. The summed E-state index contributed by atoms with van der Waals surface area (Å²) in [7, 11) is 1.89. The minimum atomic E-state index is 0.242. The van der Waals surface area contributed by atoms with Crippen LogP contribution in [0.25, 0.3) is 11.4 Å². The summed E-state index contributed by atoms with van der Waals surface area (Å²) in [5, 5.41) is 31.1. The average Bonchev–Trinajstić information content (AvgIpc) is 3.38. The van der Waals surface area contributed by atoms with E-state index in [0.717, 1.165) is 49.3 Å². The Morgan fingerprint density at radius 2 is 2.03 bits per heavy atom. The lowest BCUT2D eigenvalue weighted by Crippen LogP contribution is -2.34. The highest BCUT2D eigenvalue weighted by Gasteiger charge is 2.26. The molecule has 1 fully saturated rings. The first-order valence-corrected chi connectivity index (χ1v) is 12.1. The molecule has 0 saturated heterocycles.